The molecule has 0 aromatic rings. The van der Waals surface area contributed by atoms with Crippen molar-refractivity contribution in [1.29, 1.82) is 0 Å². The number of halogens is 1. The summed E-state index contributed by atoms with van der Waals surface area (Å²) in [6.07, 6.45) is 2.98. The predicted octanol–water partition coefficient (Wildman–Crippen LogP) is -3.60. The van der Waals surface area contributed by atoms with Crippen molar-refractivity contribution in [2.24, 2.45) is 0 Å². The van der Waals surface area contributed by atoms with Crippen molar-refractivity contribution < 1.29 is 38.4 Å². The van der Waals surface area contributed by atoms with E-state index in [1.807, 2.05) is 13.0 Å². The van der Waals surface area contributed by atoms with Gasteiger partial charge in [0.05, 0.1) is 25.8 Å². The first-order valence-electron chi connectivity index (χ1n) is 4.41. The molecule has 1 N–H and O–H groups in total. The van der Waals surface area contributed by atoms with Gasteiger partial charge in [0.15, 0.2) is 0 Å². The van der Waals surface area contributed by atoms with Gasteiger partial charge in [0, 0.05) is 6.42 Å². The summed E-state index contributed by atoms with van der Waals surface area (Å²) in [5.74, 6) is -0.142. The van der Waals surface area contributed by atoms with Crippen molar-refractivity contribution >= 4 is 5.97 Å². The number of esters is 1. The molecule has 0 bridgehead atoms. The molecule has 1 heterocycles. The van der Waals surface area contributed by atoms with Gasteiger partial charge in [-0.15, -0.1) is 0 Å². The summed E-state index contributed by atoms with van der Waals surface area (Å²) < 4.78 is 4.91. The minimum Gasteiger partial charge on any atom is -1.00 e. The smallest absolute Gasteiger partial charge is 0.339 e. The van der Waals surface area contributed by atoms with Crippen LogP contribution >= 0.6 is 0 Å². The third-order valence-electron chi connectivity index (χ3n) is 1.99. The first kappa shape index (κ1) is 12.9. The topological polar surface area (TPSA) is 30.7 Å². The first-order valence-corrected chi connectivity index (χ1v) is 4.41. The average molecular weight is 297 g/mol. The van der Waals surface area contributed by atoms with E-state index in [-0.39, 0.29) is 29.9 Å². The molecule has 0 aromatic carbocycles. The summed E-state index contributed by atoms with van der Waals surface area (Å²) in [4.78, 5) is 12.6. The van der Waals surface area contributed by atoms with E-state index < -0.39 is 0 Å². The van der Waals surface area contributed by atoms with Crippen LogP contribution in [0.2, 0.25) is 0 Å². The van der Waals surface area contributed by atoms with Crippen LogP contribution in [0.25, 0.3) is 0 Å². The van der Waals surface area contributed by atoms with Crippen LogP contribution < -0.4 is 28.9 Å². The summed E-state index contributed by atoms with van der Waals surface area (Å²) >= 11 is 0. The summed E-state index contributed by atoms with van der Waals surface area (Å²) in [6.45, 7) is 4.22. The maximum absolute atomic E-state index is 11.2. The number of carbonyl (C=O) groups is 1. The van der Waals surface area contributed by atoms with Crippen molar-refractivity contribution in [3.05, 3.63) is 11.6 Å². The minimum atomic E-state index is -0.142. The van der Waals surface area contributed by atoms with Gasteiger partial charge in [0.2, 0.25) is 0 Å². The van der Waals surface area contributed by atoms with Crippen LogP contribution in [0.3, 0.4) is 0 Å². The Kier molecular flexibility index (Phi) is 6.32. The van der Waals surface area contributed by atoms with Crippen molar-refractivity contribution in [1.82, 2.24) is 0 Å². The van der Waals surface area contributed by atoms with Gasteiger partial charge >= 0.3 is 5.97 Å². The zero-order chi connectivity index (χ0) is 8.97. The molecule has 3 nitrogen and oxygen atoms in total. The molecule has 13 heavy (non-hydrogen) atoms. The zero-order valence-electron chi connectivity index (χ0n) is 8.10. The summed E-state index contributed by atoms with van der Waals surface area (Å²) in [5, 5.41) is 0. The third-order valence-corrected chi connectivity index (χ3v) is 1.99. The van der Waals surface area contributed by atoms with E-state index >= 15 is 0 Å². The summed E-state index contributed by atoms with van der Waals surface area (Å²) in [7, 11) is 2.09. The number of quaternary nitrogens is 1. The van der Waals surface area contributed by atoms with Crippen LogP contribution in [-0.2, 0) is 9.53 Å². The van der Waals surface area contributed by atoms with Crippen LogP contribution in [0.1, 0.15) is 13.3 Å². The van der Waals surface area contributed by atoms with E-state index in [4.69, 9.17) is 4.74 Å². The van der Waals surface area contributed by atoms with Gasteiger partial charge in [0.25, 0.3) is 0 Å². The molecule has 0 fully saturated rings. The Bertz CT molecular complexity index is 204. The van der Waals surface area contributed by atoms with Gasteiger partial charge in [-0.05, 0) is 6.92 Å². The van der Waals surface area contributed by atoms with E-state index in [2.05, 4.69) is 7.05 Å². The van der Waals surface area contributed by atoms with Crippen LogP contribution in [0.4, 0.5) is 0 Å². The molecular formula is C9H16INO2. The number of carbonyl (C=O) groups excluding carboxylic acids is 1. The molecule has 0 saturated heterocycles. The Balaban J connectivity index is 0.00000144. The number of ether oxygens (including phenoxy) is 1. The van der Waals surface area contributed by atoms with Crippen molar-refractivity contribution in [3.63, 3.8) is 0 Å². The molecule has 1 rings (SSSR count). The second kappa shape index (κ2) is 6.37. The molecule has 0 aromatic heterocycles. The zero-order valence-corrected chi connectivity index (χ0v) is 10.3. The monoisotopic (exact) mass is 297 g/mol. The number of likely N-dealkylation sites (N-methyl/N-ethyl adjacent to an activating group) is 1. The number of hydrogen-bond acceptors (Lipinski definition) is 2. The Hall–Kier alpha value is -0.100. The molecule has 1 unspecified atom stereocenters. The fourth-order valence-electron chi connectivity index (χ4n) is 1.36. The van der Waals surface area contributed by atoms with Crippen molar-refractivity contribution in [2.75, 3.05) is 26.7 Å². The number of rotatable bonds is 2. The van der Waals surface area contributed by atoms with Gasteiger partial charge in [-0.1, -0.05) is 6.08 Å². The summed E-state index contributed by atoms with van der Waals surface area (Å²) in [6, 6.07) is 0. The van der Waals surface area contributed by atoms with Crippen LogP contribution in [0.5, 0.6) is 0 Å². The van der Waals surface area contributed by atoms with Gasteiger partial charge in [-0.25, -0.2) is 4.79 Å². The maximum Gasteiger partial charge on any atom is 0.339 e. The molecule has 0 amide bonds. The first-order chi connectivity index (χ1) is 5.74. The fraction of sp³-hybridized carbons (Fsp3) is 0.667. The number of hydrogen-bond donors (Lipinski definition) is 1. The average Bonchev–Trinajstić information content (AvgIpc) is 2.05. The van der Waals surface area contributed by atoms with E-state index in [0.717, 1.165) is 25.1 Å². The quantitative estimate of drug-likeness (QED) is 0.422. The maximum atomic E-state index is 11.2. The van der Waals surface area contributed by atoms with E-state index in [1.54, 1.807) is 0 Å². The molecule has 4 heteroatoms. The molecule has 1 aliphatic rings. The lowest BCUT2D eigenvalue weighted by atomic mass is 10.1. The van der Waals surface area contributed by atoms with Gasteiger partial charge in [-0.3, -0.25) is 0 Å². The second-order valence-corrected chi connectivity index (χ2v) is 3.12. The molecule has 1 aliphatic heterocycles. The van der Waals surface area contributed by atoms with Crippen molar-refractivity contribution in [3.8, 4) is 0 Å². The Morgan fingerprint density at radius 3 is 2.92 bits per heavy atom. The Morgan fingerprint density at radius 1 is 1.69 bits per heavy atom. The molecule has 0 saturated carbocycles. The SMILES string of the molecule is CCOC(=O)C1=CCC[NH+](C)C1.[I-]. The van der Waals surface area contributed by atoms with E-state index in [0.29, 0.717) is 6.61 Å². The standard InChI is InChI=1S/C9H15NO2.HI/c1-3-12-9(11)8-5-4-6-10(2)7-8;/h5H,3-4,6-7H2,1-2H3;1H. The normalized spacial score (nSPS) is 21.4. The molecule has 0 aliphatic carbocycles. The predicted molar refractivity (Wildman–Crippen MR) is 46.0 cm³/mol. The lowest BCUT2D eigenvalue weighted by Crippen LogP contribution is -3.09. The second-order valence-electron chi connectivity index (χ2n) is 3.12. The highest BCUT2D eigenvalue weighted by Crippen LogP contribution is 2.00. The van der Waals surface area contributed by atoms with E-state index in [9.17, 15) is 4.79 Å². The van der Waals surface area contributed by atoms with Gasteiger partial charge in [0.1, 0.15) is 6.54 Å². The third kappa shape index (κ3) is 4.08. The highest BCUT2D eigenvalue weighted by Gasteiger charge is 2.18. The van der Waals surface area contributed by atoms with Crippen LogP contribution in [0.15, 0.2) is 11.6 Å². The summed E-state index contributed by atoms with van der Waals surface area (Å²) in [5.41, 5.74) is 0.834. The van der Waals surface area contributed by atoms with Crippen LogP contribution in [-0.4, -0.2) is 32.7 Å². The Labute approximate surface area is 96.1 Å². The van der Waals surface area contributed by atoms with Gasteiger partial charge in [-0.2, -0.15) is 0 Å². The highest BCUT2D eigenvalue weighted by molar-refractivity contribution is 5.88. The molecule has 0 spiro atoms. The fourth-order valence-corrected chi connectivity index (χ4v) is 1.36. The van der Waals surface area contributed by atoms with Crippen molar-refractivity contribution in [2.45, 2.75) is 13.3 Å². The molecule has 76 valence electrons. The highest BCUT2D eigenvalue weighted by atomic mass is 127. The number of nitrogens with one attached hydrogen (secondary N) is 1. The largest absolute Gasteiger partial charge is 1.00 e. The molecule has 0 radical (unpaired) electrons. The lowest BCUT2D eigenvalue weighted by Gasteiger charge is -2.18. The Morgan fingerprint density at radius 2 is 2.38 bits per heavy atom. The van der Waals surface area contributed by atoms with E-state index in [1.165, 1.54) is 4.90 Å². The lowest BCUT2D eigenvalue weighted by molar-refractivity contribution is -0.875. The molecule has 1 atom stereocenters. The minimum absolute atomic E-state index is 0. The van der Waals surface area contributed by atoms with Gasteiger partial charge < -0.3 is 33.6 Å². The van der Waals surface area contributed by atoms with Crippen LogP contribution in [0, 0.1) is 0 Å². The molecular weight excluding hydrogens is 281 g/mol.